The van der Waals surface area contributed by atoms with Gasteiger partial charge in [-0.15, -0.1) is 0 Å². The third-order valence-electron chi connectivity index (χ3n) is 2.24. The van der Waals surface area contributed by atoms with E-state index in [1.807, 2.05) is 0 Å². The van der Waals surface area contributed by atoms with E-state index in [0.717, 1.165) is 0 Å². The fourth-order valence-corrected chi connectivity index (χ4v) is 1.20. The van der Waals surface area contributed by atoms with Crippen molar-refractivity contribution in [3.63, 3.8) is 0 Å². The van der Waals surface area contributed by atoms with Crippen molar-refractivity contribution in [3.8, 4) is 0 Å². The predicted octanol–water partition coefficient (Wildman–Crippen LogP) is -1.25. The molecule has 0 aliphatic rings. The highest BCUT2D eigenvalue weighted by molar-refractivity contribution is 5.85. The van der Waals surface area contributed by atoms with Gasteiger partial charge < -0.3 is 25.2 Å². The van der Waals surface area contributed by atoms with E-state index < -0.39 is 17.9 Å². The summed E-state index contributed by atoms with van der Waals surface area (Å²) in [6, 6.07) is -1.10. The zero-order valence-electron chi connectivity index (χ0n) is 11.1. The van der Waals surface area contributed by atoms with Gasteiger partial charge in [-0.2, -0.15) is 0 Å². The molecule has 110 valence electrons. The zero-order chi connectivity index (χ0) is 14.7. The van der Waals surface area contributed by atoms with E-state index in [-0.39, 0.29) is 32.0 Å². The highest BCUT2D eigenvalue weighted by atomic mass is 16.5. The Bertz CT molecular complexity index is 308. The average Bonchev–Trinajstić information content (AvgIpc) is 2.38. The van der Waals surface area contributed by atoms with Crippen LogP contribution in [0.15, 0.2) is 0 Å². The molecule has 1 atom stereocenters. The molecule has 0 rings (SSSR count). The van der Waals surface area contributed by atoms with E-state index >= 15 is 0 Å². The lowest BCUT2D eigenvalue weighted by Gasteiger charge is -2.14. The quantitative estimate of drug-likeness (QED) is 0.429. The SMILES string of the molecule is CNC(=O)CC[C@H](NC(=O)COCCOC)C(=O)O. The van der Waals surface area contributed by atoms with Crippen LogP contribution in [0.2, 0.25) is 0 Å². The van der Waals surface area contributed by atoms with E-state index in [2.05, 4.69) is 10.6 Å². The maximum absolute atomic E-state index is 11.4. The molecule has 0 spiro atoms. The summed E-state index contributed by atoms with van der Waals surface area (Å²) in [6.07, 6.45) is 0.0527. The van der Waals surface area contributed by atoms with E-state index in [0.29, 0.717) is 6.61 Å². The van der Waals surface area contributed by atoms with Gasteiger partial charge in [0, 0.05) is 20.6 Å². The van der Waals surface area contributed by atoms with E-state index in [1.165, 1.54) is 14.2 Å². The van der Waals surface area contributed by atoms with Crippen molar-refractivity contribution >= 4 is 17.8 Å². The zero-order valence-corrected chi connectivity index (χ0v) is 11.1. The van der Waals surface area contributed by atoms with Crippen LogP contribution >= 0.6 is 0 Å². The molecular formula is C11H20N2O6. The molecular weight excluding hydrogens is 256 g/mol. The number of aliphatic carboxylic acids is 1. The Kier molecular flexibility index (Phi) is 9.37. The van der Waals surface area contributed by atoms with E-state index in [4.69, 9.17) is 14.6 Å². The van der Waals surface area contributed by atoms with Crippen LogP contribution in [0.4, 0.5) is 0 Å². The van der Waals surface area contributed by atoms with E-state index in [1.54, 1.807) is 0 Å². The van der Waals surface area contributed by atoms with Gasteiger partial charge >= 0.3 is 5.97 Å². The highest BCUT2D eigenvalue weighted by Gasteiger charge is 2.20. The molecule has 0 fully saturated rings. The van der Waals surface area contributed by atoms with Crippen molar-refractivity contribution in [1.82, 2.24) is 10.6 Å². The number of carboxylic acids is 1. The summed E-state index contributed by atoms with van der Waals surface area (Å²) in [5, 5.41) is 13.6. The fourth-order valence-electron chi connectivity index (χ4n) is 1.20. The number of ether oxygens (including phenoxy) is 2. The topological polar surface area (TPSA) is 114 Å². The van der Waals surface area contributed by atoms with Gasteiger partial charge in [-0.25, -0.2) is 4.79 Å². The van der Waals surface area contributed by atoms with Crippen LogP contribution in [0.25, 0.3) is 0 Å². The second-order valence-corrected chi connectivity index (χ2v) is 3.72. The predicted molar refractivity (Wildman–Crippen MR) is 65.6 cm³/mol. The second kappa shape index (κ2) is 10.3. The van der Waals surface area contributed by atoms with Crippen LogP contribution in [-0.4, -0.2) is 62.9 Å². The van der Waals surface area contributed by atoms with Crippen LogP contribution < -0.4 is 10.6 Å². The van der Waals surface area contributed by atoms with Gasteiger partial charge in [-0.1, -0.05) is 0 Å². The number of hydrogen-bond donors (Lipinski definition) is 3. The summed E-state index contributed by atoms with van der Waals surface area (Å²) in [5.41, 5.74) is 0. The molecule has 0 aliphatic heterocycles. The summed E-state index contributed by atoms with van der Waals surface area (Å²) < 4.78 is 9.68. The van der Waals surface area contributed by atoms with Gasteiger partial charge in [0.25, 0.3) is 0 Å². The Balaban J connectivity index is 4.01. The van der Waals surface area contributed by atoms with Gasteiger partial charge in [0.05, 0.1) is 13.2 Å². The number of amides is 2. The number of hydrogen-bond acceptors (Lipinski definition) is 5. The molecule has 0 radical (unpaired) electrons. The van der Waals surface area contributed by atoms with Crippen LogP contribution in [0.1, 0.15) is 12.8 Å². The minimum Gasteiger partial charge on any atom is -0.480 e. The molecule has 8 nitrogen and oxygen atoms in total. The second-order valence-electron chi connectivity index (χ2n) is 3.72. The fraction of sp³-hybridized carbons (Fsp3) is 0.727. The summed E-state index contributed by atoms with van der Waals surface area (Å²) in [7, 11) is 2.96. The first-order valence-corrected chi connectivity index (χ1v) is 5.80. The molecule has 19 heavy (non-hydrogen) atoms. The van der Waals surface area contributed by atoms with Gasteiger partial charge in [-0.05, 0) is 6.42 Å². The lowest BCUT2D eigenvalue weighted by atomic mass is 10.1. The maximum atomic E-state index is 11.4. The Morgan fingerprint density at radius 2 is 1.89 bits per heavy atom. The third-order valence-corrected chi connectivity index (χ3v) is 2.24. The summed E-state index contributed by atoms with van der Waals surface area (Å²) >= 11 is 0. The van der Waals surface area contributed by atoms with Gasteiger partial charge in [0.2, 0.25) is 11.8 Å². The number of carbonyl (C=O) groups excluding carboxylic acids is 2. The number of nitrogens with one attached hydrogen (secondary N) is 2. The molecule has 0 aromatic rings. The van der Waals surface area contributed by atoms with Crippen molar-refractivity contribution < 1.29 is 29.0 Å². The number of rotatable bonds is 10. The van der Waals surface area contributed by atoms with Crippen LogP contribution in [0, 0.1) is 0 Å². The minimum atomic E-state index is -1.19. The largest absolute Gasteiger partial charge is 0.480 e. The first-order chi connectivity index (χ1) is 9.01. The Morgan fingerprint density at radius 1 is 1.21 bits per heavy atom. The third kappa shape index (κ3) is 8.97. The molecule has 0 aliphatic carbocycles. The number of carbonyl (C=O) groups is 3. The highest BCUT2D eigenvalue weighted by Crippen LogP contribution is 1.98. The minimum absolute atomic E-state index is 0.0261. The maximum Gasteiger partial charge on any atom is 0.326 e. The molecule has 2 amide bonds. The number of methoxy groups -OCH3 is 1. The van der Waals surface area contributed by atoms with Crippen molar-refractivity contribution in [3.05, 3.63) is 0 Å². The van der Waals surface area contributed by atoms with Crippen molar-refractivity contribution in [2.24, 2.45) is 0 Å². The molecule has 0 unspecified atom stereocenters. The first-order valence-electron chi connectivity index (χ1n) is 5.80. The summed E-state index contributed by atoms with van der Waals surface area (Å²) in [5.74, 6) is -2.01. The summed E-state index contributed by atoms with van der Waals surface area (Å²) in [4.78, 5) is 33.3. The lowest BCUT2D eigenvalue weighted by Crippen LogP contribution is -2.43. The van der Waals surface area contributed by atoms with E-state index in [9.17, 15) is 14.4 Å². The summed E-state index contributed by atoms with van der Waals surface area (Å²) in [6.45, 7) is 0.360. The molecule has 3 N–H and O–H groups in total. The smallest absolute Gasteiger partial charge is 0.326 e. The van der Waals surface area contributed by atoms with Crippen LogP contribution in [0.5, 0.6) is 0 Å². The Morgan fingerprint density at radius 3 is 2.42 bits per heavy atom. The number of carboxylic acid groups (broad SMARTS) is 1. The molecule has 8 heteroatoms. The van der Waals surface area contributed by atoms with Crippen LogP contribution in [0.3, 0.4) is 0 Å². The Hall–Kier alpha value is -1.67. The van der Waals surface area contributed by atoms with Gasteiger partial charge in [0.15, 0.2) is 0 Å². The van der Waals surface area contributed by atoms with Crippen molar-refractivity contribution in [1.29, 1.82) is 0 Å². The lowest BCUT2D eigenvalue weighted by molar-refractivity contribution is -0.143. The van der Waals surface area contributed by atoms with Crippen LogP contribution in [-0.2, 0) is 23.9 Å². The van der Waals surface area contributed by atoms with Crippen molar-refractivity contribution in [2.45, 2.75) is 18.9 Å². The molecule has 0 saturated carbocycles. The normalized spacial score (nSPS) is 11.7. The van der Waals surface area contributed by atoms with Gasteiger partial charge in [0.1, 0.15) is 12.6 Å². The molecule has 0 aromatic heterocycles. The molecule has 0 aromatic carbocycles. The molecule has 0 bridgehead atoms. The molecule has 0 saturated heterocycles. The Labute approximate surface area is 111 Å². The van der Waals surface area contributed by atoms with Gasteiger partial charge in [-0.3, -0.25) is 9.59 Å². The van der Waals surface area contributed by atoms with Crippen molar-refractivity contribution in [2.75, 3.05) is 34.0 Å². The standard InChI is InChI=1S/C11H20N2O6/c1-12-9(14)4-3-8(11(16)17)13-10(15)7-19-6-5-18-2/h8H,3-7H2,1-2H3,(H,12,14)(H,13,15)(H,16,17)/t8-/m0/s1. The monoisotopic (exact) mass is 276 g/mol. The first kappa shape index (κ1) is 17.3. The average molecular weight is 276 g/mol. The molecule has 0 heterocycles.